The lowest BCUT2D eigenvalue weighted by Crippen LogP contribution is -2.75. The molecule has 4 aliphatic carbocycles. The van der Waals surface area contributed by atoms with E-state index in [1.165, 1.54) is 26.4 Å². The summed E-state index contributed by atoms with van der Waals surface area (Å²) in [6.45, 7) is 6.91. The van der Waals surface area contributed by atoms with Crippen LogP contribution in [0.4, 0.5) is 0 Å². The van der Waals surface area contributed by atoms with Crippen LogP contribution in [0.1, 0.15) is 78.6 Å². The number of Topliss-reactive ketones (excluding diaryl/α,β-unsaturated/α-hetero) is 1. The van der Waals surface area contributed by atoms with Crippen LogP contribution in [-0.2, 0) is 19.1 Å². The maximum absolute atomic E-state index is 13.9. The summed E-state index contributed by atoms with van der Waals surface area (Å²) in [6.07, 6.45) is 9.60. The van der Waals surface area contributed by atoms with Gasteiger partial charge in [-0.25, -0.2) is 0 Å². The predicted octanol–water partition coefficient (Wildman–Crippen LogP) is 4.54. The molecule has 0 radical (unpaired) electrons. The molecule has 6 rings (SSSR count). The van der Waals surface area contributed by atoms with E-state index in [0.717, 1.165) is 25.7 Å². The van der Waals surface area contributed by atoms with Crippen molar-refractivity contribution in [2.75, 3.05) is 7.11 Å². The van der Waals surface area contributed by atoms with Crippen LogP contribution in [0, 0.1) is 40.4 Å². The van der Waals surface area contributed by atoms with Gasteiger partial charge in [0.1, 0.15) is 5.60 Å². The molecule has 6 fully saturated rings. The molecule has 0 unspecified atom stereocenters. The van der Waals surface area contributed by atoms with E-state index in [2.05, 4.69) is 20.8 Å². The average molecular weight is 389 g/mol. The fourth-order valence-corrected chi connectivity index (χ4v) is 9.08. The van der Waals surface area contributed by atoms with Crippen molar-refractivity contribution in [1.82, 2.24) is 0 Å². The number of fused-ring (bicyclic) bond motifs is 3. The maximum atomic E-state index is 13.9. The Bertz CT molecular complexity index is 703. The Hall–Kier alpha value is -0.900. The summed E-state index contributed by atoms with van der Waals surface area (Å²) in [4.78, 5) is 25.8. The average Bonchev–Trinajstić information content (AvgIpc) is 2.98. The minimum absolute atomic E-state index is 0.00366. The Kier molecular flexibility index (Phi) is 4.13. The van der Waals surface area contributed by atoms with E-state index in [1.807, 2.05) is 0 Å². The number of rotatable bonds is 3. The van der Waals surface area contributed by atoms with Crippen molar-refractivity contribution in [1.29, 1.82) is 0 Å². The lowest BCUT2D eigenvalue weighted by Gasteiger charge is -2.70. The van der Waals surface area contributed by atoms with Gasteiger partial charge in [-0.05, 0) is 80.0 Å². The van der Waals surface area contributed by atoms with Crippen LogP contribution in [-0.4, -0.2) is 30.6 Å². The highest BCUT2D eigenvalue weighted by Gasteiger charge is 2.74. The van der Waals surface area contributed by atoms with Crippen LogP contribution in [0.5, 0.6) is 0 Å². The molecule has 4 nitrogen and oxygen atoms in total. The van der Waals surface area contributed by atoms with Crippen molar-refractivity contribution in [2.45, 2.75) is 90.3 Å². The summed E-state index contributed by atoms with van der Waals surface area (Å²) >= 11 is 0. The summed E-state index contributed by atoms with van der Waals surface area (Å²) in [6, 6.07) is 0. The summed E-state index contributed by atoms with van der Waals surface area (Å²) < 4.78 is 11.7. The molecule has 156 valence electrons. The van der Waals surface area contributed by atoms with Crippen LogP contribution < -0.4 is 0 Å². The van der Waals surface area contributed by atoms with E-state index >= 15 is 0 Å². The van der Waals surface area contributed by atoms with Crippen molar-refractivity contribution in [3.05, 3.63) is 0 Å². The van der Waals surface area contributed by atoms with E-state index in [-0.39, 0.29) is 22.7 Å². The molecule has 28 heavy (non-hydrogen) atoms. The molecule has 4 saturated carbocycles. The SMILES string of the molecule is COC(=O)C[C@H](C)[C@@H]1CC[C@@H]2[C@@H]3CC[C@H]4C[C@H]5CC[C@]4(C)[C@@]3(O5)C(=O)C[C@@]21C. The third-order valence-electron chi connectivity index (χ3n) is 10.3. The molecule has 2 aliphatic heterocycles. The molecule has 9 atom stereocenters. The number of carbonyl (C=O) groups excluding carboxylic acids is 2. The summed E-state index contributed by atoms with van der Waals surface area (Å²) in [7, 11) is 1.47. The van der Waals surface area contributed by atoms with Crippen LogP contribution >= 0.6 is 0 Å². The highest BCUT2D eigenvalue weighted by Crippen LogP contribution is 2.72. The summed E-state index contributed by atoms with van der Waals surface area (Å²) in [5.41, 5.74) is -0.468. The highest BCUT2D eigenvalue weighted by molar-refractivity contribution is 5.91. The number of carbonyl (C=O) groups is 2. The van der Waals surface area contributed by atoms with Crippen LogP contribution in [0.15, 0.2) is 0 Å². The minimum Gasteiger partial charge on any atom is -0.469 e. The summed E-state index contributed by atoms with van der Waals surface area (Å²) in [5.74, 6) is 2.54. The molecule has 1 spiro atoms. The van der Waals surface area contributed by atoms with Crippen molar-refractivity contribution >= 4 is 11.8 Å². The second-order valence-electron chi connectivity index (χ2n) is 11.2. The number of ether oxygens (including phenoxy) is 2. The zero-order chi connectivity index (χ0) is 19.9. The van der Waals surface area contributed by atoms with E-state index in [4.69, 9.17) is 9.47 Å². The van der Waals surface area contributed by atoms with Crippen molar-refractivity contribution in [3.63, 3.8) is 0 Å². The zero-order valence-corrected chi connectivity index (χ0v) is 18.0. The first kappa shape index (κ1) is 19.1. The highest BCUT2D eigenvalue weighted by atomic mass is 16.5. The first-order chi connectivity index (χ1) is 13.3. The second kappa shape index (κ2) is 6.06. The number of hydrogen-bond acceptors (Lipinski definition) is 4. The third-order valence-corrected chi connectivity index (χ3v) is 10.3. The molecule has 0 amide bonds. The molecule has 4 bridgehead atoms. The monoisotopic (exact) mass is 388 g/mol. The van der Waals surface area contributed by atoms with E-state index < -0.39 is 5.60 Å². The first-order valence-corrected chi connectivity index (χ1v) is 11.5. The quantitative estimate of drug-likeness (QED) is 0.666. The van der Waals surface area contributed by atoms with Gasteiger partial charge in [-0.15, -0.1) is 0 Å². The number of ketones is 1. The van der Waals surface area contributed by atoms with Gasteiger partial charge in [0.25, 0.3) is 0 Å². The van der Waals surface area contributed by atoms with Crippen molar-refractivity contribution in [3.8, 4) is 0 Å². The van der Waals surface area contributed by atoms with Crippen LogP contribution in [0.25, 0.3) is 0 Å². The Balaban J connectivity index is 1.50. The largest absolute Gasteiger partial charge is 0.469 e. The van der Waals surface area contributed by atoms with Crippen LogP contribution in [0.2, 0.25) is 0 Å². The Morgan fingerprint density at radius 1 is 1.18 bits per heavy atom. The molecule has 2 saturated heterocycles. The van der Waals surface area contributed by atoms with Crippen molar-refractivity contribution in [2.24, 2.45) is 40.4 Å². The van der Waals surface area contributed by atoms with Gasteiger partial charge in [-0.2, -0.15) is 0 Å². The normalized spacial score (nSPS) is 52.7. The Labute approximate surface area is 169 Å². The molecule has 4 heteroatoms. The van der Waals surface area contributed by atoms with Gasteiger partial charge in [0.15, 0.2) is 5.78 Å². The number of hydrogen-bond donors (Lipinski definition) is 0. The lowest BCUT2D eigenvalue weighted by atomic mass is 9.40. The topological polar surface area (TPSA) is 52.6 Å². The number of methoxy groups -OCH3 is 1. The van der Waals surface area contributed by atoms with Gasteiger partial charge in [0.2, 0.25) is 0 Å². The molecule has 6 aliphatic rings. The standard InChI is InChI=1S/C24H36O4/c1-14(11-21(26)27-4)17-7-8-18-19-6-5-15-12-16-9-10-23(15,3)24(19,28-16)20(25)13-22(17,18)2/h14-19H,5-13H2,1-4H3/t14-,15-,16+,17-,18+,19-,22+,23-,24-/m0/s1. The first-order valence-electron chi connectivity index (χ1n) is 11.5. The fraction of sp³-hybridized carbons (Fsp3) is 0.917. The molecular weight excluding hydrogens is 352 g/mol. The van der Waals surface area contributed by atoms with Gasteiger partial charge < -0.3 is 9.47 Å². The van der Waals surface area contributed by atoms with Gasteiger partial charge in [-0.1, -0.05) is 20.8 Å². The van der Waals surface area contributed by atoms with Gasteiger partial charge in [0, 0.05) is 18.3 Å². The maximum Gasteiger partial charge on any atom is 0.305 e. The van der Waals surface area contributed by atoms with E-state index in [0.29, 0.717) is 48.4 Å². The summed E-state index contributed by atoms with van der Waals surface area (Å²) in [5, 5.41) is 0. The lowest BCUT2D eigenvalue weighted by molar-refractivity contribution is -0.307. The predicted molar refractivity (Wildman–Crippen MR) is 106 cm³/mol. The smallest absolute Gasteiger partial charge is 0.305 e. The molecule has 0 aromatic carbocycles. The van der Waals surface area contributed by atoms with E-state index in [1.54, 1.807) is 0 Å². The molecule has 2 heterocycles. The fourth-order valence-electron chi connectivity index (χ4n) is 9.08. The van der Waals surface area contributed by atoms with Gasteiger partial charge >= 0.3 is 5.97 Å². The Morgan fingerprint density at radius 3 is 2.68 bits per heavy atom. The second-order valence-corrected chi connectivity index (χ2v) is 11.2. The van der Waals surface area contributed by atoms with Gasteiger partial charge in [-0.3, -0.25) is 9.59 Å². The third kappa shape index (κ3) is 2.16. The zero-order valence-electron chi connectivity index (χ0n) is 18.0. The van der Waals surface area contributed by atoms with E-state index in [9.17, 15) is 9.59 Å². The van der Waals surface area contributed by atoms with Crippen molar-refractivity contribution < 1.29 is 19.1 Å². The van der Waals surface area contributed by atoms with Crippen LogP contribution in [0.3, 0.4) is 0 Å². The number of esters is 1. The molecule has 0 aromatic rings. The van der Waals surface area contributed by atoms with Gasteiger partial charge in [0.05, 0.1) is 13.2 Å². The molecule has 0 aromatic heterocycles. The molecule has 0 N–H and O–H groups in total. The Morgan fingerprint density at radius 2 is 1.93 bits per heavy atom. The minimum atomic E-state index is -0.512. The molecular formula is C24H36O4.